The number of nitrogens with zero attached hydrogens (tertiary/aromatic N) is 5. The standard InChI is InChI=1S/C27H30N6O2/c1-31-23-20(10-18(12-22(23)35-2)26(34)32-14-19-7-8-27(19,28)15-32)30-25(31)21-11-17-4-3-9-29-24(17)33(21)13-16-5-6-16/h3-4,9-12,16,19H,5-8,13-15,28H2,1-2H3. The number of hydrogen-bond donors (Lipinski definition) is 1. The van der Waals surface area contributed by atoms with Gasteiger partial charge in [0.15, 0.2) is 5.82 Å². The fourth-order valence-electron chi connectivity index (χ4n) is 6.06. The molecule has 4 aromatic rings. The molecule has 0 spiro atoms. The van der Waals surface area contributed by atoms with Crippen LogP contribution >= 0.6 is 0 Å². The lowest BCUT2D eigenvalue weighted by Gasteiger charge is -2.39. The molecule has 4 heterocycles. The number of amides is 1. The number of aromatic nitrogens is 4. The summed E-state index contributed by atoms with van der Waals surface area (Å²) in [5, 5.41) is 1.11. The van der Waals surface area contributed by atoms with E-state index in [0.717, 1.165) is 59.5 Å². The molecule has 1 amide bonds. The third kappa shape index (κ3) is 3.12. The number of benzene rings is 1. The van der Waals surface area contributed by atoms with E-state index >= 15 is 0 Å². The minimum absolute atomic E-state index is 0.00340. The number of aryl methyl sites for hydroxylation is 1. The number of hydrogen-bond acceptors (Lipinski definition) is 5. The highest BCUT2D eigenvalue weighted by molar-refractivity contribution is 6.00. The first kappa shape index (κ1) is 20.9. The number of imidazole rings is 1. The van der Waals surface area contributed by atoms with Gasteiger partial charge in [-0.1, -0.05) is 0 Å². The molecule has 3 aliphatic rings. The number of pyridine rings is 1. The third-order valence-electron chi connectivity index (χ3n) is 8.41. The van der Waals surface area contributed by atoms with Crippen molar-refractivity contribution in [2.24, 2.45) is 24.6 Å². The summed E-state index contributed by atoms with van der Waals surface area (Å²) < 4.78 is 10.1. The van der Waals surface area contributed by atoms with Gasteiger partial charge >= 0.3 is 0 Å². The zero-order chi connectivity index (χ0) is 23.9. The number of carbonyl (C=O) groups is 1. The Bertz CT molecular complexity index is 1500. The molecular formula is C27H30N6O2. The molecule has 3 aromatic heterocycles. The van der Waals surface area contributed by atoms with E-state index in [4.69, 9.17) is 15.5 Å². The van der Waals surface area contributed by atoms with Crippen molar-refractivity contribution in [3.8, 4) is 17.3 Å². The van der Waals surface area contributed by atoms with E-state index in [1.165, 1.54) is 12.8 Å². The van der Waals surface area contributed by atoms with Gasteiger partial charge in [0.05, 0.1) is 18.3 Å². The van der Waals surface area contributed by atoms with Gasteiger partial charge < -0.3 is 24.5 Å². The summed E-state index contributed by atoms with van der Waals surface area (Å²) in [7, 11) is 3.66. The van der Waals surface area contributed by atoms with Crippen LogP contribution in [-0.4, -0.2) is 55.6 Å². The summed E-state index contributed by atoms with van der Waals surface area (Å²) in [4.78, 5) is 25.1. The minimum atomic E-state index is -0.203. The fraction of sp³-hybridized carbons (Fsp3) is 0.444. The lowest BCUT2D eigenvalue weighted by Crippen LogP contribution is -2.54. The molecule has 180 valence electrons. The molecule has 8 heteroatoms. The number of likely N-dealkylation sites (tertiary alicyclic amines) is 1. The highest BCUT2D eigenvalue weighted by Gasteiger charge is 2.51. The Balaban J connectivity index is 1.34. The van der Waals surface area contributed by atoms with Crippen LogP contribution in [0.2, 0.25) is 0 Å². The van der Waals surface area contributed by atoms with Crippen molar-refractivity contribution in [2.75, 3.05) is 20.2 Å². The highest BCUT2D eigenvalue weighted by atomic mass is 16.5. The van der Waals surface area contributed by atoms with Crippen molar-refractivity contribution in [3.05, 3.63) is 42.1 Å². The Morgan fingerprint density at radius 2 is 2.11 bits per heavy atom. The van der Waals surface area contributed by atoms with Gasteiger partial charge in [-0.15, -0.1) is 0 Å². The predicted molar refractivity (Wildman–Crippen MR) is 134 cm³/mol. The van der Waals surface area contributed by atoms with Crippen molar-refractivity contribution in [3.63, 3.8) is 0 Å². The van der Waals surface area contributed by atoms with Crippen LogP contribution in [0.5, 0.6) is 5.75 Å². The zero-order valence-corrected chi connectivity index (χ0v) is 20.2. The average Bonchev–Trinajstić information content (AvgIpc) is 3.46. The van der Waals surface area contributed by atoms with E-state index in [1.54, 1.807) is 7.11 Å². The summed E-state index contributed by atoms with van der Waals surface area (Å²) in [6.07, 6.45) is 6.47. The molecule has 8 nitrogen and oxygen atoms in total. The van der Waals surface area contributed by atoms with E-state index in [9.17, 15) is 4.79 Å². The summed E-state index contributed by atoms with van der Waals surface area (Å²) >= 11 is 0. The van der Waals surface area contributed by atoms with Crippen molar-refractivity contribution in [1.29, 1.82) is 0 Å². The maximum Gasteiger partial charge on any atom is 0.254 e. The topological polar surface area (TPSA) is 91.2 Å². The number of methoxy groups -OCH3 is 1. The first-order valence-corrected chi connectivity index (χ1v) is 12.5. The van der Waals surface area contributed by atoms with Gasteiger partial charge in [0.1, 0.15) is 16.9 Å². The van der Waals surface area contributed by atoms with Crippen LogP contribution in [0.4, 0.5) is 0 Å². The van der Waals surface area contributed by atoms with Crippen LogP contribution in [0.3, 0.4) is 0 Å². The molecule has 7 rings (SSSR count). The number of ether oxygens (including phenoxy) is 1. The van der Waals surface area contributed by atoms with Gasteiger partial charge in [-0.3, -0.25) is 4.79 Å². The van der Waals surface area contributed by atoms with Crippen molar-refractivity contribution >= 4 is 28.0 Å². The van der Waals surface area contributed by atoms with Gasteiger partial charge in [-0.05, 0) is 67.9 Å². The monoisotopic (exact) mass is 470 g/mol. The Morgan fingerprint density at radius 1 is 1.26 bits per heavy atom. The highest BCUT2D eigenvalue weighted by Crippen LogP contribution is 2.43. The molecule has 2 aliphatic carbocycles. The maximum absolute atomic E-state index is 13.4. The average molecular weight is 471 g/mol. The minimum Gasteiger partial charge on any atom is -0.494 e. The van der Waals surface area contributed by atoms with E-state index in [0.29, 0.717) is 29.7 Å². The predicted octanol–water partition coefficient (Wildman–Crippen LogP) is 3.57. The van der Waals surface area contributed by atoms with Crippen molar-refractivity contribution < 1.29 is 9.53 Å². The molecular weight excluding hydrogens is 440 g/mol. The molecule has 3 fully saturated rings. The molecule has 1 aliphatic heterocycles. The van der Waals surface area contributed by atoms with Crippen LogP contribution in [0, 0.1) is 11.8 Å². The Morgan fingerprint density at radius 3 is 2.80 bits per heavy atom. The molecule has 1 aromatic carbocycles. The summed E-state index contributed by atoms with van der Waals surface area (Å²) in [6, 6.07) is 9.99. The number of fused-ring (bicyclic) bond motifs is 3. The lowest BCUT2D eigenvalue weighted by atomic mass is 9.70. The second kappa shape index (κ2) is 7.31. The van der Waals surface area contributed by atoms with E-state index in [-0.39, 0.29) is 11.4 Å². The third-order valence-corrected chi connectivity index (χ3v) is 8.41. The second-order valence-corrected chi connectivity index (χ2v) is 10.7. The maximum atomic E-state index is 13.4. The normalized spacial score (nSPS) is 23.6. The van der Waals surface area contributed by atoms with Crippen LogP contribution in [0.15, 0.2) is 36.5 Å². The molecule has 2 saturated carbocycles. The number of rotatable bonds is 5. The van der Waals surface area contributed by atoms with E-state index in [2.05, 4.69) is 26.3 Å². The Labute approximate surface area is 203 Å². The molecule has 0 bridgehead atoms. The lowest BCUT2D eigenvalue weighted by molar-refractivity contribution is 0.0784. The molecule has 2 N–H and O–H groups in total. The quantitative estimate of drug-likeness (QED) is 0.482. The second-order valence-electron chi connectivity index (χ2n) is 10.7. The van der Waals surface area contributed by atoms with E-state index in [1.807, 2.05) is 36.3 Å². The molecule has 2 atom stereocenters. The van der Waals surface area contributed by atoms with Crippen molar-refractivity contribution in [2.45, 2.75) is 37.8 Å². The van der Waals surface area contributed by atoms with E-state index < -0.39 is 0 Å². The van der Waals surface area contributed by atoms with Gasteiger partial charge in [0.25, 0.3) is 5.91 Å². The molecule has 1 saturated heterocycles. The number of carbonyl (C=O) groups excluding carboxylic acids is 1. The molecule has 2 unspecified atom stereocenters. The summed E-state index contributed by atoms with van der Waals surface area (Å²) in [5.74, 6) is 2.62. The fourth-order valence-corrected chi connectivity index (χ4v) is 6.06. The van der Waals surface area contributed by atoms with Gasteiger partial charge in [-0.2, -0.15) is 0 Å². The van der Waals surface area contributed by atoms with Crippen LogP contribution in [0.25, 0.3) is 33.6 Å². The van der Waals surface area contributed by atoms with Gasteiger partial charge in [-0.25, -0.2) is 9.97 Å². The first-order valence-electron chi connectivity index (χ1n) is 12.5. The van der Waals surface area contributed by atoms with Crippen LogP contribution in [0.1, 0.15) is 36.0 Å². The van der Waals surface area contributed by atoms with Crippen LogP contribution in [-0.2, 0) is 13.6 Å². The SMILES string of the molecule is COc1cc(C(=O)N2CC3CCC3(N)C2)cc2nc(-c3cc4cccnc4n3CC3CC3)n(C)c12. The zero-order valence-electron chi connectivity index (χ0n) is 20.2. The molecule has 0 radical (unpaired) electrons. The van der Waals surface area contributed by atoms with Gasteiger partial charge in [0, 0.05) is 49.4 Å². The Kier molecular flexibility index (Phi) is 4.37. The summed E-state index contributed by atoms with van der Waals surface area (Å²) in [6.45, 7) is 2.30. The first-order chi connectivity index (χ1) is 16.9. The summed E-state index contributed by atoms with van der Waals surface area (Å²) in [5.41, 5.74) is 10.6. The molecule has 35 heavy (non-hydrogen) atoms. The number of nitrogens with two attached hydrogens (primary N) is 1. The van der Waals surface area contributed by atoms with Crippen molar-refractivity contribution in [1.82, 2.24) is 24.0 Å². The van der Waals surface area contributed by atoms with Crippen LogP contribution < -0.4 is 10.5 Å². The Hall–Kier alpha value is -3.39. The smallest absolute Gasteiger partial charge is 0.254 e. The largest absolute Gasteiger partial charge is 0.494 e. The van der Waals surface area contributed by atoms with Gasteiger partial charge in [0.2, 0.25) is 0 Å².